The van der Waals surface area contributed by atoms with Gasteiger partial charge in [0.1, 0.15) is 5.82 Å². The molecule has 0 radical (unpaired) electrons. The SMILES string of the molecule is c1cc(N2CCOCC2)ncc1C1CC1. The molecule has 3 rings (SSSR count). The molecule has 2 heterocycles. The molecule has 1 saturated heterocycles. The molecule has 1 aromatic rings. The number of pyridine rings is 1. The zero-order valence-electron chi connectivity index (χ0n) is 8.85. The van der Waals surface area contributed by atoms with Gasteiger partial charge in [-0.2, -0.15) is 0 Å². The molecule has 0 spiro atoms. The zero-order chi connectivity index (χ0) is 10.1. The smallest absolute Gasteiger partial charge is 0.128 e. The van der Waals surface area contributed by atoms with Crippen molar-refractivity contribution in [2.75, 3.05) is 31.2 Å². The Morgan fingerprint density at radius 1 is 1.20 bits per heavy atom. The van der Waals surface area contributed by atoms with Gasteiger partial charge in [-0.3, -0.25) is 0 Å². The van der Waals surface area contributed by atoms with Crippen LogP contribution in [0.15, 0.2) is 18.3 Å². The molecule has 3 heteroatoms. The van der Waals surface area contributed by atoms with E-state index in [1.54, 1.807) is 0 Å². The quantitative estimate of drug-likeness (QED) is 0.734. The topological polar surface area (TPSA) is 25.4 Å². The second-order valence-corrected chi connectivity index (χ2v) is 4.32. The van der Waals surface area contributed by atoms with Crippen molar-refractivity contribution in [2.24, 2.45) is 0 Å². The number of hydrogen-bond donors (Lipinski definition) is 0. The van der Waals surface area contributed by atoms with Crippen LogP contribution in [-0.2, 0) is 4.74 Å². The van der Waals surface area contributed by atoms with Gasteiger partial charge in [0.25, 0.3) is 0 Å². The lowest BCUT2D eigenvalue weighted by molar-refractivity contribution is 0.122. The number of anilines is 1. The summed E-state index contributed by atoms with van der Waals surface area (Å²) in [5.41, 5.74) is 1.41. The molecule has 1 aliphatic carbocycles. The van der Waals surface area contributed by atoms with E-state index < -0.39 is 0 Å². The standard InChI is InChI=1S/C12H16N2O/c1-2-10(1)11-3-4-12(13-9-11)14-5-7-15-8-6-14/h3-4,9-10H,1-2,5-8H2. The van der Waals surface area contributed by atoms with Gasteiger partial charge in [0.05, 0.1) is 13.2 Å². The van der Waals surface area contributed by atoms with Crippen molar-refractivity contribution in [1.82, 2.24) is 4.98 Å². The van der Waals surface area contributed by atoms with Crippen LogP contribution >= 0.6 is 0 Å². The molecule has 2 fully saturated rings. The van der Waals surface area contributed by atoms with Crippen molar-refractivity contribution >= 4 is 5.82 Å². The third-order valence-electron chi connectivity index (χ3n) is 3.15. The Morgan fingerprint density at radius 2 is 2.00 bits per heavy atom. The summed E-state index contributed by atoms with van der Waals surface area (Å²) in [5.74, 6) is 1.90. The summed E-state index contributed by atoms with van der Waals surface area (Å²) >= 11 is 0. The van der Waals surface area contributed by atoms with Gasteiger partial charge in [0, 0.05) is 19.3 Å². The van der Waals surface area contributed by atoms with Crippen molar-refractivity contribution in [1.29, 1.82) is 0 Å². The van der Waals surface area contributed by atoms with Gasteiger partial charge < -0.3 is 9.64 Å². The van der Waals surface area contributed by atoms with Gasteiger partial charge in [-0.1, -0.05) is 6.07 Å². The summed E-state index contributed by atoms with van der Waals surface area (Å²) in [6.07, 6.45) is 4.74. The number of hydrogen-bond acceptors (Lipinski definition) is 3. The Labute approximate surface area is 90.1 Å². The van der Waals surface area contributed by atoms with Crippen LogP contribution in [0.5, 0.6) is 0 Å². The molecule has 0 bridgehead atoms. The largest absolute Gasteiger partial charge is 0.378 e. The van der Waals surface area contributed by atoms with Crippen molar-refractivity contribution in [3.05, 3.63) is 23.9 Å². The van der Waals surface area contributed by atoms with Gasteiger partial charge in [-0.25, -0.2) is 4.98 Å². The Balaban J connectivity index is 1.73. The Kier molecular flexibility index (Phi) is 2.33. The lowest BCUT2D eigenvalue weighted by Crippen LogP contribution is -2.36. The molecule has 15 heavy (non-hydrogen) atoms. The minimum atomic E-state index is 0.802. The van der Waals surface area contributed by atoms with E-state index >= 15 is 0 Å². The minimum absolute atomic E-state index is 0.802. The molecule has 1 aromatic heterocycles. The van der Waals surface area contributed by atoms with E-state index in [4.69, 9.17) is 4.74 Å². The minimum Gasteiger partial charge on any atom is -0.378 e. The highest BCUT2D eigenvalue weighted by Gasteiger charge is 2.23. The first-order chi connectivity index (χ1) is 7.43. The highest BCUT2D eigenvalue weighted by molar-refractivity contribution is 5.40. The molecule has 0 N–H and O–H groups in total. The number of ether oxygens (including phenoxy) is 1. The Hall–Kier alpha value is -1.09. The molecule has 0 unspecified atom stereocenters. The molecule has 3 nitrogen and oxygen atoms in total. The third kappa shape index (κ3) is 1.97. The fraction of sp³-hybridized carbons (Fsp3) is 0.583. The molecule has 2 aliphatic rings. The third-order valence-corrected chi connectivity index (χ3v) is 3.15. The van der Waals surface area contributed by atoms with E-state index in [-0.39, 0.29) is 0 Å². The van der Waals surface area contributed by atoms with Crippen LogP contribution in [0.25, 0.3) is 0 Å². The average Bonchev–Trinajstić information content (AvgIpc) is 3.15. The molecule has 80 valence electrons. The lowest BCUT2D eigenvalue weighted by atomic mass is 10.2. The van der Waals surface area contributed by atoms with Crippen LogP contribution in [0.3, 0.4) is 0 Å². The van der Waals surface area contributed by atoms with Crippen LogP contribution in [0.1, 0.15) is 24.3 Å². The predicted molar refractivity (Wildman–Crippen MR) is 59.2 cm³/mol. The first kappa shape index (κ1) is 9.16. The fourth-order valence-electron chi connectivity index (χ4n) is 2.04. The van der Waals surface area contributed by atoms with Gasteiger partial charge in [0.2, 0.25) is 0 Å². The lowest BCUT2D eigenvalue weighted by Gasteiger charge is -2.27. The summed E-state index contributed by atoms with van der Waals surface area (Å²) < 4.78 is 5.32. The van der Waals surface area contributed by atoms with E-state index in [2.05, 4.69) is 22.0 Å². The highest BCUT2D eigenvalue weighted by Crippen LogP contribution is 2.39. The number of aromatic nitrogens is 1. The number of nitrogens with zero attached hydrogens (tertiary/aromatic N) is 2. The van der Waals surface area contributed by atoms with Crippen molar-refractivity contribution in [2.45, 2.75) is 18.8 Å². The van der Waals surface area contributed by atoms with Crippen LogP contribution in [0, 0.1) is 0 Å². The van der Waals surface area contributed by atoms with Crippen LogP contribution < -0.4 is 4.90 Å². The first-order valence-corrected chi connectivity index (χ1v) is 5.72. The summed E-state index contributed by atoms with van der Waals surface area (Å²) in [4.78, 5) is 6.83. The van der Waals surface area contributed by atoms with Crippen LogP contribution in [-0.4, -0.2) is 31.3 Å². The van der Waals surface area contributed by atoms with Crippen molar-refractivity contribution in [3.8, 4) is 0 Å². The second kappa shape index (κ2) is 3.81. The molecule has 1 saturated carbocycles. The van der Waals surface area contributed by atoms with E-state index in [0.717, 1.165) is 38.0 Å². The summed E-state index contributed by atoms with van der Waals surface area (Å²) in [5, 5.41) is 0. The van der Waals surface area contributed by atoms with E-state index in [9.17, 15) is 0 Å². The Morgan fingerprint density at radius 3 is 2.60 bits per heavy atom. The van der Waals surface area contributed by atoms with Gasteiger partial charge in [-0.15, -0.1) is 0 Å². The average molecular weight is 204 g/mol. The molecular weight excluding hydrogens is 188 g/mol. The maximum absolute atomic E-state index is 5.32. The van der Waals surface area contributed by atoms with E-state index in [0.29, 0.717) is 0 Å². The van der Waals surface area contributed by atoms with E-state index in [1.807, 2.05) is 6.20 Å². The predicted octanol–water partition coefficient (Wildman–Crippen LogP) is 1.80. The van der Waals surface area contributed by atoms with Crippen molar-refractivity contribution in [3.63, 3.8) is 0 Å². The number of rotatable bonds is 2. The maximum Gasteiger partial charge on any atom is 0.128 e. The van der Waals surface area contributed by atoms with Crippen molar-refractivity contribution < 1.29 is 4.74 Å². The summed E-state index contributed by atoms with van der Waals surface area (Å²) in [6.45, 7) is 3.59. The highest BCUT2D eigenvalue weighted by atomic mass is 16.5. The Bertz CT molecular complexity index is 326. The summed E-state index contributed by atoms with van der Waals surface area (Å²) in [7, 11) is 0. The van der Waals surface area contributed by atoms with Gasteiger partial charge >= 0.3 is 0 Å². The molecule has 0 amide bonds. The normalized spacial score (nSPS) is 21.7. The zero-order valence-corrected chi connectivity index (χ0v) is 8.85. The van der Waals surface area contributed by atoms with E-state index in [1.165, 1.54) is 18.4 Å². The molecule has 0 atom stereocenters. The number of morpholine rings is 1. The van der Waals surface area contributed by atoms with Gasteiger partial charge in [0.15, 0.2) is 0 Å². The second-order valence-electron chi connectivity index (χ2n) is 4.32. The molecule has 1 aliphatic heterocycles. The fourth-order valence-corrected chi connectivity index (χ4v) is 2.04. The summed E-state index contributed by atoms with van der Waals surface area (Å²) in [6, 6.07) is 4.38. The van der Waals surface area contributed by atoms with Gasteiger partial charge in [-0.05, 0) is 30.4 Å². The maximum atomic E-state index is 5.32. The van der Waals surface area contributed by atoms with Crippen LogP contribution in [0.4, 0.5) is 5.82 Å². The first-order valence-electron chi connectivity index (χ1n) is 5.72. The molecular formula is C12H16N2O. The monoisotopic (exact) mass is 204 g/mol. The molecule has 0 aromatic carbocycles. The van der Waals surface area contributed by atoms with Crippen LogP contribution in [0.2, 0.25) is 0 Å².